The smallest absolute Gasteiger partial charge is 0.228 e. The summed E-state index contributed by atoms with van der Waals surface area (Å²) in [7, 11) is 0. The zero-order valence-corrected chi connectivity index (χ0v) is 12.7. The zero-order valence-electron chi connectivity index (χ0n) is 12.7. The maximum absolute atomic E-state index is 11.5. The maximum atomic E-state index is 11.5. The second kappa shape index (κ2) is 7.44. The molecule has 1 aliphatic rings. The summed E-state index contributed by atoms with van der Waals surface area (Å²) in [5.74, 6) is 0.129. The van der Waals surface area contributed by atoms with Gasteiger partial charge in [-0.25, -0.2) is 0 Å². The number of anilines is 1. The molecule has 0 saturated carbocycles. The van der Waals surface area contributed by atoms with E-state index in [1.54, 1.807) is 0 Å². The molecule has 0 aromatic heterocycles. The Kier molecular flexibility index (Phi) is 5.60. The van der Waals surface area contributed by atoms with Gasteiger partial charge in [-0.2, -0.15) is 0 Å². The van der Waals surface area contributed by atoms with Crippen molar-refractivity contribution in [1.29, 1.82) is 0 Å². The Hall–Kier alpha value is -1.35. The van der Waals surface area contributed by atoms with Crippen LogP contribution in [0.25, 0.3) is 0 Å². The summed E-state index contributed by atoms with van der Waals surface area (Å²) in [5.41, 5.74) is 3.56. The van der Waals surface area contributed by atoms with E-state index < -0.39 is 0 Å². The highest BCUT2D eigenvalue weighted by molar-refractivity contribution is 5.99. The van der Waals surface area contributed by atoms with Crippen LogP contribution in [0.5, 0.6) is 0 Å². The monoisotopic (exact) mass is 274 g/mol. The number of nitrogens with one attached hydrogen (secondary N) is 1. The van der Waals surface area contributed by atoms with Gasteiger partial charge in [0.15, 0.2) is 0 Å². The van der Waals surface area contributed by atoms with Gasteiger partial charge < -0.3 is 10.2 Å². The van der Waals surface area contributed by atoms with E-state index in [-0.39, 0.29) is 5.91 Å². The molecule has 3 heteroatoms. The van der Waals surface area contributed by atoms with Crippen LogP contribution in [-0.4, -0.2) is 30.4 Å². The topological polar surface area (TPSA) is 32.3 Å². The van der Waals surface area contributed by atoms with Gasteiger partial charge in [-0.1, -0.05) is 32.4 Å². The van der Waals surface area contributed by atoms with Gasteiger partial charge in [0.05, 0.1) is 6.42 Å². The van der Waals surface area contributed by atoms with Crippen LogP contribution in [0.2, 0.25) is 0 Å². The molecule has 1 heterocycles. The summed E-state index contributed by atoms with van der Waals surface area (Å²) in [6.07, 6.45) is 5.32. The Morgan fingerprint density at radius 2 is 2.00 bits per heavy atom. The molecule has 0 fully saturated rings. The van der Waals surface area contributed by atoms with Crippen LogP contribution in [0.3, 0.4) is 0 Å². The van der Waals surface area contributed by atoms with E-state index in [0.29, 0.717) is 6.42 Å². The standard InChI is InChI=1S/C17H26N2O/c1-3-5-11-19(10-4-2)12-9-14-7-6-8-16-15(14)13-17(20)18-16/h6-8H,3-5,9-13H2,1-2H3,(H,18,20). The molecule has 1 aromatic carbocycles. The second-order valence-corrected chi connectivity index (χ2v) is 5.61. The lowest BCUT2D eigenvalue weighted by Gasteiger charge is -2.22. The van der Waals surface area contributed by atoms with E-state index in [2.05, 4.69) is 36.2 Å². The number of carbonyl (C=O) groups excluding carboxylic acids is 1. The number of unbranched alkanes of at least 4 members (excludes halogenated alkanes) is 1. The summed E-state index contributed by atoms with van der Waals surface area (Å²) in [6, 6.07) is 6.23. The van der Waals surface area contributed by atoms with Crippen LogP contribution in [0.4, 0.5) is 5.69 Å². The SMILES string of the molecule is CCCCN(CCC)CCc1cccc2c1CC(=O)N2. The third-order valence-corrected chi connectivity index (χ3v) is 3.95. The third kappa shape index (κ3) is 3.83. The van der Waals surface area contributed by atoms with Crippen LogP contribution in [0.1, 0.15) is 44.2 Å². The van der Waals surface area contributed by atoms with Gasteiger partial charge in [0, 0.05) is 12.2 Å². The number of rotatable bonds is 8. The highest BCUT2D eigenvalue weighted by Crippen LogP contribution is 2.26. The minimum atomic E-state index is 0.129. The molecule has 1 aromatic rings. The summed E-state index contributed by atoms with van der Waals surface area (Å²) in [4.78, 5) is 14.1. The van der Waals surface area contributed by atoms with Gasteiger partial charge in [0.1, 0.15) is 0 Å². The highest BCUT2D eigenvalue weighted by atomic mass is 16.1. The van der Waals surface area contributed by atoms with E-state index in [9.17, 15) is 4.79 Å². The van der Waals surface area contributed by atoms with Crippen LogP contribution >= 0.6 is 0 Å². The number of fused-ring (bicyclic) bond motifs is 1. The fraction of sp³-hybridized carbons (Fsp3) is 0.588. The number of hydrogen-bond donors (Lipinski definition) is 1. The molecule has 0 unspecified atom stereocenters. The van der Waals surface area contributed by atoms with Gasteiger partial charge in [-0.05, 0) is 49.5 Å². The van der Waals surface area contributed by atoms with Crippen molar-refractivity contribution >= 4 is 11.6 Å². The Morgan fingerprint density at radius 3 is 2.75 bits per heavy atom. The molecule has 0 aliphatic carbocycles. The van der Waals surface area contributed by atoms with Crippen molar-refractivity contribution < 1.29 is 4.79 Å². The fourth-order valence-electron chi connectivity index (χ4n) is 2.86. The van der Waals surface area contributed by atoms with Gasteiger partial charge >= 0.3 is 0 Å². The van der Waals surface area contributed by atoms with E-state index in [1.165, 1.54) is 43.5 Å². The molecule has 0 atom stereocenters. The van der Waals surface area contributed by atoms with Crippen molar-refractivity contribution in [3.63, 3.8) is 0 Å². The summed E-state index contributed by atoms with van der Waals surface area (Å²) in [6.45, 7) is 7.94. The molecule has 3 nitrogen and oxygen atoms in total. The number of carbonyl (C=O) groups is 1. The molecular formula is C17H26N2O. The predicted molar refractivity (Wildman–Crippen MR) is 84.1 cm³/mol. The minimum absolute atomic E-state index is 0.129. The zero-order chi connectivity index (χ0) is 14.4. The van der Waals surface area contributed by atoms with Crippen molar-refractivity contribution in [3.05, 3.63) is 29.3 Å². The molecule has 0 saturated heterocycles. The lowest BCUT2D eigenvalue weighted by atomic mass is 10.0. The lowest BCUT2D eigenvalue weighted by molar-refractivity contribution is -0.115. The quantitative estimate of drug-likeness (QED) is 0.789. The van der Waals surface area contributed by atoms with Crippen LogP contribution < -0.4 is 5.32 Å². The second-order valence-electron chi connectivity index (χ2n) is 5.61. The van der Waals surface area contributed by atoms with Gasteiger partial charge in [0.25, 0.3) is 0 Å². The van der Waals surface area contributed by atoms with E-state index in [0.717, 1.165) is 18.7 Å². The van der Waals surface area contributed by atoms with Crippen molar-refractivity contribution in [2.75, 3.05) is 25.0 Å². The van der Waals surface area contributed by atoms with Crippen molar-refractivity contribution in [3.8, 4) is 0 Å². The van der Waals surface area contributed by atoms with Crippen molar-refractivity contribution in [2.24, 2.45) is 0 Å². The number of benzene rings is 1. The first kappa shape index (κ1) is 15.0. The van der Waals surface area contributed by atoms with Crippen molar-refractivity contribution in [1.82, 2.24) is 4.90 Å². The van der Waals surface area contributed by atoms with E-state index in [4.69, 9.17) is 0 Å². The van der Waals surface area contributed by atoms with Crippen LogP contribution in [0, 0.1) is 0 Å². The van der Waals surface area contributed by atoms with Gasteiger partial charge in [-0.15, -0.1) is 0 Å². The summed E-state index contributed by atoms with van der Waals surface area (Å²) < 4.78 is 0. The minimum Gasteiger partial charge on any atom is -0.326 e. The summed E-state index contributed by atoms with van der Waals surface area (Å²) in [5, 5.41) is 2.93. The molecule has 0 bridgehead atoms. The van der Waals surface area contributed by atoms with E-state index in [1.807, 2.05) is 6.07 Å². The molecule has 20 heavy (non-hydrogen) atoms. The number of hydrogen-bond acceptors (Lipinski definition) is 2. The predicted octanol–water partition coefficient (Wildman–Crippen LogP) is 3.24. The molecule has 2 rings (SSSR count). The first-order chi connectivity index (χ1) is 9.74. The Balaban J connectivity index is 1.96. The maximum Gasteiger partial charge on any atom is 0.228 e. The molecule has 1 amide bonds. The average Bonchev–Trinajstić information content (AvgIpc) is 2.82. The normalized spacial score (nSPS) is 13.7. The molecule has 0 spiro atoms. The van der Waals surface area contributed by atoms with Crippen LogP contribution in [0.15, 0.2) is 18.2 Å². The number of nitrogens with zero attached hydrogens (tertiary/aromatic N) is 1. The van der Waals surface area contributed by atoms with Crippen LogP contribution in [-0.2, 0) is 17.6 Å². The first-order valence-electron chi connectivity index (χ1n) is 7.87. The lowest BCUT2D eigenvalue weighted by Crippen LogP contribution is -2.28. The van der Waals surface area contributed by atoms with E-state index >= 15 is 0 Å². The Morgan fingerprint density at radius 1 is 1.15 bits per heavy atom. The first-order valence-corrected chi connectivity index (χ1v) is 7.87. The summed E-state index contributed by atoms with van der Waals surface area (Å²) >= 11 is 0. The Labute approximate surface area is 122 Å². The third-order valence-electron chi connectivity index (χ3n) is 3.95. The fourth-order valence-corrected chi connectivity index (χ4v) is 2.86. The average molecular weight is 274 g/mol. The molecule has 110 valence electrons. The van der Waals surface area contributed by atoms with Gasteiger partial charge in [-0.3, -0.25) is 4.79 Å². The number of amides is 1. The largest absolute Gasteiger partial charge is 0.326 e. The molecule has 1 N–H and O–H groups in total. The molecule has 0 radical (unpaired) electrons. The molecule has 1 aliphatic heterocycles. The highest BCUT2D eigenvalue weighted by Gasteiger charge is 2.20. The van der Waals surface area contributed by atoms with Crippen molar-refractivity contribution in [2.45, 2.75) is 46.0 Å². The Bertz CT molecular complexity index is 456. The van der Waals surface area contributed by atoms with Gasteiger partial charge in [0.2, 0.25) is 5.91 Å². The molecular weight excluding hydrogens is 248 g/mol.